The molecular weight excluding hydrogens is 542 g/mol. The van der Waals surface area contributed by atoms with E-state index in [1.165, 1.54) is 15.9 Å². The number of guanidine groups is 1. The van der Waals surface area contributed by atoms with Gasteiger partial charge in [-0.15, -0.1) is 5.10 Å². The van der Waals surface area contributed by atoms with E-state index in [1.807, 2.05) is 11.8 Å². The molecule has 5 saturated heterocycles. The van der Waals surface area contributed by atoms with Crippen LogP contribution in [0.5, 0.6) is 0 Å². The largest absolute Gasteiger partial charge is 0.480 e. The standard InChI is InChI=1S/C23H33N11O5S/c1-9-17-16(10(2)27-15(35)7-33-8-26-30-31-33)21(37)34(17)18(22(38)39)19(9)40-11-3-12(25-4-11)20(36)32-5-13-14(6-32)29-23(24)28-13/h8-14,16-19,25H,3-7H2,1-2H3,(H,27,35)(H,38,39)(H3,24,28,29)/t9-,10?,11?,12?,13-,14+,16+,17+,18?,19+/m0/s1. The summed E-state index contributed by atoms with van der Waals surface area (Å²) in [7, 11) is 0. The van der Waals surface area contributed by atoms with Gasteiger partial charge in [0.1, 0.15) is 18.9 Å². The summed E-state index contributed by atoms with van der Waals surface area (Å²) in [5.41, 5.74) is 0. The summed E-state index contributed by atoms with van der Waals surface area (Å²) >= 11 is 1.55. The average molecular weight is 576 g/mol. The number of carbonyl (C=O) groups is 4. The van der Waals surface area contributed by atoms with E-state index in [0.29, 0.717) is 32.0 Å². The zero-order valence-electron chi connectivity index (χ0n) is 22.1. The van der Waals surface area contributed by atoms with Gasteiger partial charge in [-0.2, -0.15) is 11.8 Å². The zero-order chi connectivity index (χ0) is 28.3. The highest BCUT2D eigenvalue weighted by Gasteiger charge is 2.65. The molecule has 0 saturated carbocycles. The molecule has 5 aliphatic heterocycles. The summed E-state index contributed by atoms with van der Waals surface area (Å²) < 4.78 is 1.28. The van der Waals surface area contributed by atoms with Crippen molar-refractivity contribution in [1.82, 2.24) is 51.3 Å². The number of carboxylic acid groups (broad SMARTS) is 1. The number of nitrogens with one attached hydrogen (secondary N) is 5. The first-order valence-electron chi connectivity index (χ1n) is 13.5. The van der Waals surface area contributed by atoms with Gasteiger partial charge in [0.05, 0.1) is 24.0 Å². The molecular formula is C23H33N11O5S. The van der Waals surface area contributed by atoms with Crippen LogP contribution in [0.1, 0.15) is 20.3 Å². The minimum absolute atomic E-state index is 0.0205. The molecule has 16 nitrogen and oxygen atoms in total. The molecule has 3 amide bonds. The number of thioether (sulfide) groups is 1. The Morgan fingerprint density at radius 3 is 2.65 bits per heavy atom. The fourth-order valence-corrected chi connectivity index (χ4v) is 8.73. The number of likely N-dealkylation sites (tertiary alicyclic amines) is 1. The van der Waals surface area contributed by atoms with E-state index in [1.54, 1.807) is 18.7 Å². The number of aromatic nitrogens is 4. The van der Waals surface area contributed by atoms with E-state index in [2.05, 4.69) is 36.8 Å². The van der Waals surface area contributed by atoms with Crippen LogP contribution >= 0.6 is 11.8 Å². The van der Waals surface area contributed by atoms with Gasteiger partial charge in [-0.3, -0.25) is 19.8 Å². The molecule has 0 aromatic carbocycles. The molecule has 6 heterocycles. The lowest BCUT2D eigenvalue weighted by molar-refractivity contribution is -0.166. The Bertz CT molecular complexity index is 1200. The van der Waals surface area contributed by atoms with Gasteiger partial charge in [0.2, 0.25) is 17.7 Å². The molecule has 40 heavy (non-hydrogen) atoms. The molecule has 6 N–H and O–H groups in total. The predicted octanol–water partition coefficient (Wildman–Crippen LogP) is -3.35. The third kappa shape index (κ3) is 4.53. The Kier molecular flexibility index (Phi) is 6.80. The second kappa shape index (κ2) is 10.2. The van der Waals surface area contributed by atoms with E-state index < -0.39 is 24.0 Å². The lowest BCUT2D eigenvalue weighted by atomic mass is 9.78. The first kappa shape index (κ1) is 26.7. The van der Waals surface area contributed by atoms with Gasteiger partial charge in [0.25, 0.3) is 0 Å². The van der Waals surface area contributed by atoms with Crippen molar-refractivity contribution in [3.63, 3.8) is 0 Å². The molecule has 0 aliphatic carbocycles. The number of nitrogens with zero attached hydrogens (tertiary/aromatic N) is 6. The van der Waals surface area contributed by atoms with Crippen molar-refractivity contribution in [1.29, 1.82) is 5.41 Å². The number of tetrazole rings is 1. The summed E-state index contributed by atoms with van der Waals surface area (Å²) in [6.07, 6.45) is 1.90. The number of fused-ring (bicyclic) bond motifs is 2. The van der Waals surface area contributed by atoms with Crippen LogP contribution in [0.25, 0.3) is 0 Å². The monoisotopic (exact) mass is 575 g/mol. The van der Waals surface area contributed by atoms with E-state index >= 15 is 0 Å². The Hall–Kier alpha value is -3.47. The maximum Gasteiger partial charge on any atom is 0.327 e. The van der Waals surface area contributed by atoms with Gasteiger partial charge in [-0.1, -0.05) is 6.92 Å². The van der Waals surface area contributed by atoms with Crippen molar-refractivity contribution in [3.8, 4) is 0 Å². The van der Waals surface area contributed by atoms with Crippen LogP contribution in [0.15, 0.2) is 6.33 Å². The van der Waals surface area contributed by atoms with Gasteiger partial charge in [-0.05, 0) is 29.7 Å². The number of amides is 3. The van der Waals surface area contributed by atoms with Crippen molar-refractivity contribution in [2.24, 2.45) is 11.8 Å². The second-order valence-corrected chi connectivity index (χ2v) is 12.8. The predicted molar refractivity (Wildman–Crippen MR) is 140 cm³/mol. The van der Waals surface area contributed by atoms with Crippen LogP contribution in [-0.2, 0) is 25.7 Å². The van der Waals surface area contributed by atoms with Crippen molar-refractivity contribution in [2.75, 3.05) is 19.6 Å². The minimum Gasteiger partial charge on any atom is -0.480 e. The van der Waals surface area contributed by atoms with Crippen molar-refractivity contribution in [3.05, 3.63) is 6.33 Å². The fraction of sp³-hybridized carbons (Fsp3) is 0.739. The van der Waals surface area contributed by atoms with E-state index in [9.17, 15) is 24.3 Å². The number of carbonyl (C=O) groups excluding carboxylic acids is 3. The SMILES string of the molecule is CC(NC(=O)Cn1cnnn1)[C@H]1C(=O)N2C(C(=O)O)[C@H](SC3CNC(C(=O)N4C[C@@H]5NC(=N)N[C@@H]5C4)C3)[C@@H](C)[C@H]12. The summed E-state index contributed by atoms with van der Waals surface area (Å²) in [6.45, 7) is 5.31. The molecule has 17 heteroatoms. The summed E-state index contributed by atoms with van der Waals surface area (Å²) in [5, 5.41) is 40.4. The lowest BCUT2D eigenvalue weighted by Crippen LogP contribution is -2.68. The highest BCUT2D eigenvalue weighted by molar-refractivity contribution is 8.00. The number of carboxylic acids is 1. The van der Waals surface area contributed by atoms with E-state index in [-0.39, 0.29) is 64.9 Å². The topological polar surface area (TPSA) is 211 Å². The Labute approximate surface area is 233 Å². The molecule has 0 spiro atoms. The van der Waals surface area contributed by atoms with Crippen LogP contribution in [0.2, 0.25) is 0 Å². The highest BCUT2D eigenvalue weighted by Crippen LogP contribution is 2.50. The van der Waals surface area contributed by atoms with Crippen molar-refractivity contribution in [2.45, 2.75) is 73.6 Å². The third-order valence-electron chi connectivity index (χ3n) is 8.80. The number of aliphatic carboxylic acids is 1. The minimum atomic E-state index is -1.04. The molecule has 1 aromatic heterocycles. The lowest BCUT2D eigenvalue weighted by Gasteiger charge is -2.48. The van der Waals surface area contributed by atoms with Crippen molar-refractivity contribution < 1.29 is 24.3 Å². The Morgan fingerprint density at radius 1 is 1.27 bits per heavy atom. The quantitative estimate of drug-likeness (QED) is 0.168. The fourth-order valence-electron chi connectivity index (χ4n) is 6.98. The number of hydrogen-bond donors (Lipinski definition) is 6. The first-order chi connectivity index (χ1) is 19.1. The smallest absolute Gasteiger partial charge is 0.327 e. The van der Waals surface area contributed by atoms with Gasteiger partial charge in [0.15, 0.2) is 5.96 Å². The Balaban J connectivity index is 1.07. The van der Waals surface area contributed by atoms with Crippen LogP contribution in [-0.4, -0.2) is 131 Å². The van der Waals surface area contributed by atoms with Crippen LogP contribution in [0, 0.1) is 17.2 Å². The van der Waals surface area contributed by atoms with Gasteiger partial charge >= 0.3 is 5.97 Å². The second-order valence-electron chi connectivity index (χ2n) is 11.3. The zero-order valence-corrected chi connectivity index (χ0v) is 22.9. The molecule has 216 valence electrons. The van der Waals surface area contributed by atoms with Crippen molar-refractivity contribution >= 4 is 41.4 Å². The summed E-state index contributed by atoms with van der Waals surface area (Å²) in [5.74, 6) is -1.97. The van der Waals surface area contributed by atoms with E-state index in [4.69, 9.17) is 5.41 Å². The van der Waals surface area contributed by atoms with Gasteiger partial charge in [0, 0.05) is 42.2 Å². The molecule has 10 atom stereocenters. The van der Waals surface area contributed by atoms with Crippen LogP contribution < -0.4 is 21.3 Å². The first-order valence-corrected chi connectivity index (χ1v) is 14.4. The molecule has 0 radical (unpaired) electrons. The highest BCUT2D eigenvalue weighted by atomic mass is 32.2. The molecule has 1 aromatic rings. The van der Waals surface area contributed by atoms with Crippen LogP contribution in [0.3, 0.4) is 0 Å². The molecule has 6 rings (SSSR count). The number of β-lactam (4-membered cyclic amide) rings is 1. The van der Waals surface area contributed by atoms with Gasteiger partial charge in [-0.25, -0.2) is 9.48 Å². The Morgan fingerprint density at radius 2 is 2.00 bits per heavy atom. The maximum atomic E-state index is 13.2. The maximum absolute atomic E-state index is 13.2. The number of hydrogen-bond acceptors (Lipinski definition) is 10. The molecule has 0 bridgehead atoms. The van der Waals surface area contributed by atoms with Gasteiger partial charge < -0.3 is 36.2 Å². The summed E-state index contributed by atoms with van der Waals surface area (Å²) in [4.78, 5) is 54.5. The molecule has 5 aliphatic rings. The average Bonchev–Trinajstić information content (AvgIpc) is 3.70. The summed E-state index contributed by atoms with van der Waals surface area (Å²) in [6, 6.07) is -2.01. The normalized spacial score (nSPS) is 36.9. The van der Waals surface area contributed by atoms with E-state index in [0.717, 1.165) is 0 Å². The molecule has 4 unspecified atom stereocenters. The third-order valence-corrected chi connectivity index (χ3v) is 10.5. The number of rotatable bonds is 8. The van der Waals surface area contributed by atoms with Crippen LogP contribution in [0.4, 0.5) is 0 Å². The molecule has 5 fully saturated rings.